The van der Waals surface area contributed by atoms with Gasteiger partial charge in [-0.25, -0.2) is 0 Å². The molecule has 3 aromatic rings. The molecular weight excluding hydrogens is 310 g/mol. The molecule has 24 heavy (non-hydrogen) atoms. The lowest BCUT2D eigenvalue weighted by molar-refractivity contribution is 0.0702. The van der Waals surface area contributed by atoms with E-state index < -0.39 is 0 Å². The number of amides is 1. The van der Waals surface area contributed by atoms with Gasteiger partial charge in [0, 0.05) is 20.1 Å². The van der Waals surface area contributed by atoms with E-state index in [4.69, 9.17) is 4.52 Å². The summed E-state index contributed by atoms with van der Waals surface area (Å²) in [5.74, 6) is 1.34. The van der Waals surface area contributed by atoms with E-state index in [2.05, 4.69) is 25.4 Å². The molecular formula is C15H17N7O2. The van der Waals surface area contributed by atoms with Crippen LogP contribution in [0.3, 0.4) is 0 Å². The average Bonchev–Trinajstić information content (AvgIpc) is 3.11. The highest BCUT2D eigenvalue weighted by Gasteiger charge is 2.35. The third-order valence-corrected chi connectivity index (χ3v) is 4.45. The zero-order chi connectivity index (χ0) is 16.8. The predicted octanol–water partition coefficient (Wildman–Crippen LogP) is 0.690. The lowest BCUT2D eigenvalue weighted by Crippen LogP contribution is -2.60. The maximum absolute atomic E-state index is 12.6. The summed E-state index contributed by atoms with van der Waals surface area (Å²) in [6, 6.07) is 3.92. The van der Waals surface area contributed by atoms with Gasteiger partial charge in [0.1, 0.15) is 23.5 Å². The highest BCUT2D eigenvalue weighted by Crippen LogP contribution is 2.23. The number of anilines is 1. The number of carbonyl (C=O) groups is 1. The Kier molecular flexibility index (Phi) is 3.22. The average molecular weight is 327 g/mol. The quantitative estimate of drug-likeness (QED) is 0.698. The highest BCUT2D eigenvalue weighted by molar-refractivity contribution is 5.96. The third kappa shape index (κ3) is 2.20. The van der Waals surface area contributed by atoms with Gasteiger partial charge in [-0.3, -0.25) is 4.79 Å². The second kappa shape index (κ2) is 5.29. The third-order valence-electron chi connectivity index (χ3n) is 4.45. The van der Waals surface area contributed by atoms with Gasteiger partial charge >= 0.3 is 0 Å². The van der Waals surface area contributed by atoms with E-state index in [0.717, 1.165) is 18.9 Å². The molecule has 1 fully saturated rings. The molecule has 1 amide bonds. The normalized spacial score (nSPS) is 14.9. The first-order chi connectivity index (χ1) is 11.5. The Bertz CT molecular complexity index is 890. The molecule has 0 aliphatic carbocycles. The zero-order valence-electron chi connectivity index (χ0n) is 13.7. The van der Waals surface area contributed by atoms with Crippen LogP contribution in [0.15, 0.2) is 23.0 Å². The van der Waals surface area contributed by atoms with E-state index >= 15 is 0 Å². The molecule has 0 aromatic carbocycles. The smallest absolute Gasteiger partial charge is 0.259 e. The van der Waals surface area contributed by atoms with Crippen LogP contribution in [-0.2, 0) is 0 Å². The van der Waals surface area contributed by atoms with Gasteiger partial charge in [0.2, 0.25) is 0 Å². The van der Waals surface area contributed by atoms with Crippen molar-refractivity contribution < 1.29 is 9.32 Å². The largest absolute Gasteiger partial charge is 0.361 e. The van der Waals surface area contributed by atoms with E-state index in [0.29, 0.717) is 22.7 Å². The van der Waals surface area contributed by atoms with E-state index in [1.54, 1.807) is 29.6 Å². The number of hydrogen-bond acceptors (Lipinski definition) is 7. The highest BCUT2D eigenvalue weighted by atomic mass is 16.5. The molecule has 1 saturated heterocycles. The van der Waals surface area contributed by atoms with Gasteiger partial charge in [0.05, 0.1) is 11.7 Å². The minimum atomic E-state index is -0.0573. The summed E-state index contributed by atoms with van der Waals surface area (Å²) in [5.41, 5.74) is 1.89. The number of hydrogen-bond donors (Lipinski definition) is 0. The molecule has 0 bridgehead atoms. The van der Waals surface area contributed by atoms with Crippen molar-refractivity contribution in [3.8, 4) is 0 Å². The van der Waals surface area contributed by atoms with Gasteiger partial charge in [-0.2, -0.15) is 4.52 Å². The Hall–Kier alpha value is -2.97. The molecule has 4 rings (SSSR count). The number of nitrogens with zero attached hydrogens (tertiary/aromatic N) is 7. The SMILES string of the molecule is Cc1noc(C)c1C(=O)N(C)C1CN(c2ccc3nncn3n2)C1. The summed E-state index contributed by atoms with van der Waals surface area (Å²) in [6.07, 6.45) is 1.57. The Morgan fingerprint density at radius 2 is 2.12 bits per heavy atom. The van der Waals surface area contributed by atoms with Crippen LogP contribution in [0, 0.1) is 13.8 Å². The van der Waals surface area contributed by atoms with Crippen LogP contribution < -0.4 is 4.90 Å². The first-order valence-corrected chi connectivity index (χ1v) is 7.66. The molecule has 4 heterocycles. The van der Waals surface area contributed by atoms with Crippen molar-refractivity contribution in [1.82, 2.24) is 29.9 Å². The fraction of sp³-hybridized carbons (Fsp3) is 0.400. The summed E-state index contributed by atoms with van der Waals surface area (Å²) in [6.45, 7) is 4.99. The maximum atomic E-state index is 12.6. The van der Waals surface area contributed by atoms with E-state index in [1.165, 1.54) is 0 Å². The summed E-state index contributed by atoms with van der Waals surface area (Å²) in [7, 11) is 1.81. The van der Waals surface area contributed by atoms with Crippen molar-refractivity contribution in [1.29, 1.82) is 0 Å². The molecule has 0 atom stereocenters. The van der Waals surface area contributed by atoms with Gasteiger partial charge in [0.25, 0.3) is 5.91 Å². The number of aryl methyl sites for hydroxylation is 2. The number of fused-ring (bicyclic) bond motifs is 1. The van der Waals surface area contributed by atoms with Crippen LogP contribution in [0.5, 0.6) is 0 Å². The Balaban J connectivity index is 1.45. The van der Waals surface area contributed by atoms with Crippen molar-refractivity contribution in [2.24, 2.45) is 0 Å². The molecule has 0 spiro atoms. The van der Waals surface area contributed by atoms with Crippen molar-refractivity contribution in [2.45, 2.75) is 19.9 Å². The van der Waals surface area contributed by atoms with Gasteiger partial charge in [0.15, 0.2) is 5.65 Å². The summed E-state index contributed by atoms with van der Waals surface area (Å²) in [4.78, 5) is 16.5. The van der Waals surface area contributed by atoms with Crippen molar-refractivity contribution >= 4 is 17.4 Å². The number of carbonyl (C=O) groups excluding carboxylic acids is 1. The fourth-order valence-electron chi connectivity index (χ4n) is 2.90. The summed E-state index contributed by atoms with van der Waals surface area (Å²) < 4.78 is 6.73. The van der Waals surface area contributed by atoms with Gasteiger partial charge in [-0.1, -0.05) is 5.16 Å². The van der Waals surface area contributed by atoms with Crippen molar-refractivity contribution in [3.05, 3.63) is 35.5 Å². The molecule has 3 aromatic heterocycles. The van der Waals surface area contributed by atoms with E-state index in [-0.39, 0.29) is 11.9 Å². The monoisotopic (exact) mass is 327 g/mol. The topological polar surface area (TPSA) is 92.7 Å². The Morgan fingerprint density at radius 3 is 2.83 bits per heavy atom. The number of aromatic nitrogens is 5. The van der Waals surface area contributed by atoms with Crippen LogP contribution in [-0.4, -0.2) is 62.0 Å². The van der Waals surface area contributed by atoms with Gasteiger partial charge < -0.3 is 14.3 Å². The molecule has 124 valence electrons. The minimum Gasteiger partial charge on any atom is -0.361 e. The van der Waals surface area contributed by atoms with Crippen LogP contribution in [0.4, 0.5) is 5.82 Å². The standard InChI is InChI=1S/C15H17N7O2/c1-9-14(10(2)24-19-9)15(23)20(3)11-6-21(7-11)13-5-4-12-17-16-8-22(12)18-13/h4-5,8,11H,6-7H2,1-3H3. The molecule has 9 heteroatoms. The van der Waals surface area contributed by atoms with Crippen LogP contribution in [0.1, 0.15) is 21.8 Å². The zero-order valence-corrected chi connectivity index (χ0v) is 13.7. The summed E-state index contributed by atoms with van der Waals surface area (Å²) in [5, 5.41) is 16.1. The molecule has 0 radical (unpaired) electrons. The first-order valence-electron chi connectivity index (χ1n) is 7.66. The molecule has 1 aliphatic rings. The number of likely N-dealkylation sites (N-methyl/N-ethyl adjacent to an activating group) is 1. The summed E-state index contributed by atoms with van der Waals surface area (Å²) >= 11 is 0. The van der Waals surface area contributed by atoms with Crippen molar-refractivity contribution in [3.63, 3.8) is 0 Å². The predicted molar refractivity (Wildman–Crippen MR) is 84.9 cm³/mol. The van der Waals surface area contributed by atoms with Crippen LogP contribution in [0.2, 0.25) is 0 Å². The van der Waals surface area contributed by atoms with Crippen LogP contribution in [0.25, 0.3) is 5.65 Å². The van der Waals surface area contributed by atoms with Gasteiger partial charge in [-0.15, -0.1) is 15.3 Å². The van der Waals surface area contributed by atoms with Crippen LogP contribution >= 0.6 is 0 Å². The lowest BCUT2D eigenvalue weighted by Gasteiger charge is -2.44. The second-order valence-corrected chi connectivity index (χ2v) is 6.00. The van der Waals surface area contributed by atoms with Gasteiger partial charge in [-0.05, 0) is 26.0 Å². The Morgan fingerprint density at radius 1 is 1.33 bits per heavy atom. The molecule has 0 N–H and O–H groups in total. The molecule has 1 aliphatic heterocycles. The fourth-order valence-corrected chi connectivity index (χ4v) is 2.90. The lowest BCUT2D eigenvalue weighted by atomic mass is 10.1. The van der Waals surface area contributed by atoms with E-state index in [1.807, 2.05) is 19.2 Å². The Labute approximate surface area is 137 Å². The van der Waals surface area contributed by atoms with E-state index in [9.17, 15) is 4.79 Å². The molecule has 0 saturated carbocycles. The second-order valence-electron chi connectivity index (χ2n) is 6.00. The first kappa shape index (κ1) is 14.6. The maximum Gasteiger partial charge on any atom is 0.259 e. The minimum absolute atomic E-state index is 0.0573. The molecule has 9 nitrogen and oxygen atoms in total. The molecule has 0 unspecified atom stereocenters. The van der Waals surface area contributed by atoms with Crippen molar-refractivity contribution in [2.75, 3.05) is 25.0 Å². The number of rotatable bonds is 3.